The number of ether oxygens (including phenoxy) is 2. The Morgan fingerprint density at radius 1 is 0.812 bits per heavy atom. The highest BCUT2D eigenvalue weighted by Crippen LogP contribution is 2.45. The molecule has 2 saturated carbocycles. The van der Waals surface area contributed by atoms with Gasteiger partial charge >= 0.3 is 11.9 Å². The third kappa shape index (κ3) is 12.0. The van der Waals surface area contributed by atoms with E-state index in [0.717, 1.165) is 60.6 Å². The summed E-state index contributed by atoms with van der Waals surface area (Å²) in [4.78, 5) is 25.2. The van der Waals surface area contributed by atoms with E-state index in [1.807, 2.05) is 0 Å². The first-order valence-corrected chi connectivity index (χ1v) is 22.1. The zero-order valence-corrected chi connectivity index (χ0v) is 31.9. The van der Waals surface area contributed by atoms with Crippen LogP contribution in [0.3, 0.4) is 0 Å². The number of esters is 2. The van der Waals surface area contributed by atoms with E-state index in [1.165, 1.54) is 75.0 Å². The van der Waals surface area contributed by atoms with Crippen molar-refractivity contribution in [1.82, 2.24) is 0 Å². The molecule has 0 spiro atoms. The quantitative estimate of drug-likeness (QED) is 0.0656. The van der Waals surface area contributed by atoms with Crippen molar-refractivity contribution in [2.75, 3.05) is 13.2 Å². The van der Waals surface area contributed by atoms with Gasteiger partial charge < -0.3 is 19.7 Å². The molecule has 48 heavy (non-hydrogen) atoms. The third-order valence-electron chi connectivity index (χ3n) is 11.4. The second-order valence-electron chi connectivity index (χ2n) is 15.8. The van der Waals surface area contributed by atoms with Gasteiger partial charge in [-0.25, -0.2) is 9.59 Å². The molecule has 0 aliphatic heterocycles. The Balaban J connectivity index is 1.86. The summed E-state index contributed by atoms with van der Waals surface area (Å²) in [7, 11) is -2.17. The Hall–Kier alpha value is -2.22. The molecule has 2 N–H and O–H groups in total. The van der Waals surface area contributed by atoms with E-state index < -0.39 is 20.0 Å². The fraction of sp³-hybridized carbons (Fsp3) is 0.707. The van der Waals surface area contributed by atoms with Gasteiger partial charge in [0.05, 0.1) is 8.07 Å². The van der Waals surface area contributed by atoms with Crippen LogP contribution in [0.25, 0.3) is 0 Å². The number of carbonyl (C=O) groups is 2. The van der Waals surface area contributed by atoms with Gasteiger partial charge in [0.25, 0.3) is 0 Å². The van der Waals surface area contributed by atoms with E-state index in [4.69, 9.17) is 9.47 Å². The average molecular weight is 683 g/mol. The van der Waals surface area contributed by atoms with Crippen molar-refractivity contribution in [3.8, 4) is 0 Å². The van der Waals surface area contributed by atoms with Gasteiger partial charge in [-0.05, 0) is 104 Å². The van der Waals surface area contributed by atoms with Crippen molar-refractivity contribution in [3.63, 3.8) is 0 Å². The number of carbonyl (C=O) groups excluding carboxylic acids is 2. The van der Waals surface area contributed by atoms with Gasteiger partial charge in [0.15, 0.2) is 0 Å². The second-order valence-corrected chi connectivity index (χ2v) is 20.6. The second kappa shape index (κ2) is 19.8. The summed E-state index contributed by atoms with van der Waals surface area (Å²) in [5.74, 6) is 2.11. The number of hydrogen-bond acceptors (Lipinski definition) is 6. The normalized spacial score (nSPS) is 21.6. The van der Waals surface area contributed by atoms with E-state index in [0.29, 0.717) is 17.1 Å². The van der Waals surface area contributed by atoms with E-state index >= 15 is 0 Å². The minimum absolute atomic E-state index is 0.0278. The lowest BCUT2D eigenvalue weighted by atomic mass is 9.68. The highest BCUT2D eigenvalue weighted by Gasteiger charge is 2.34. The molecule has 2 fully saturated rings. The van der Waals surface area contributed by atoms with Crippen LogP contribution < -0.4 is 5.19 Å². The number of rotatable bonds is 19. The fourth-order valence-corrected chi connectivity index (χ4v) is 11.8. The Kier molecular flexibility index (Phi) is 16.6. The number of benzene rings is 1. The van der Waals surface area contributed by atoms with Gasteiger partial charge in [-0.3, -0.25) is 0 Å². The van der Waals surface area contributed by atoms with Crippen molar-refractivity contribution >= 4 is 25.2 Å². The molecule has 1 aromatic rings. The first kappa shape index (κ1) is 40.2. The predicted molar refractivity (Wildman–Crippen MR) is 199 cm³/mol. The van der Waals surface area contributed by atoms with Crippen LogP contribution in [0.5, 0.6) is 0 Å². The van der Waals surface area contributed by atoms with Crippen molar-refractivity contribution in [1.29, 1.82) is 0 Å². The molecule has 3 rings (SSSR count). The lowest BCUT2D eigenvalue weighted by molar-refractivity contribution is -0.140. The van der Waals surface area contributed by atoms with Crippen molar-refractivity contribution < 1.29 is 29.3 Å². The molecule has 0 radical (unpaired) electrons. The maximum absolute atomic E-state index is 12.6. The standard InChI is InChI=1S/C41H66O6Si/c1-8-9-10-12-31-14-16-33(17-15-31)34-18-20-35(21-19-34)36-23-37(27-46-40(44)29(2)3)39(38(24-36)28-47-41(45)30(4)5)48(6,7)22-11-13-32(25-42)26-43/h23-24,31-35,42-43H,2,4,8-22,25-28H2,1,3,5-7H3. The van der Waals surface area contributed by atoms with Gasteiger partial charge in [0.2, 0.25) is 0 Å². The molecular weight excluding hydrogens is 617 g/mol. The van der Waals surface area contributed by atoms with E-state index in [9.17, 15) is 19.8 Å². The molecule has 0 amide bonds. The summed E-state index contributed by atoms with van der Waals surface area (Å²) in [6.07, 6.45) is 17.5. The molecule has 0 unspecified atom stereocenters. The summed E-state index contributed by atoms with van der Waals surface area (Å²) in [6.45, 7) is 18.1. The topological polar surface area (TPSA) is 93.1 Å². The van der Waals surface area contributed by atoms with Crippen LogP contribution in [-0.4, -0.2) is 43.4 Å². The zero-order chi connectivity index (χ0) is 35.3. The van der Waals surface area contributed by atoms with Crippen LogP contribution in [-0.2, 0) is 32.3 Å². The molecule has 0 atom stereocenters. The SMILES string of the molecule is C=C(C)C(=O)OCc1cc(C2CCC(C3CCC(CCCCC)CC3)CC2)cc(COC(=O)C(=C)C)c1[Si](C)(C)CCCC(CO)CO. The lowest BCUT2D eigenvalue weighted by Gasteiger charge is -2.38. The summed E-state index contributed by atoms with van der Waals surface area (Å²) >= 11 is 0. The van der Waals surface area contributed by atoms with Crippen molar-refractivity contribution in [3.05, 3.63) is 53.1 Å². The third-order valence-corrected chi connectivity index (χ3v) is 15.0. The molecular formula is C41H66O6Si. The minimum atomic E-state index is -2.17. The van der Waals surface area contributed by atoms with Gasteiger partial charge in [0.1, 0.15) is 13.2 Å². The van der Waals surface area contributed by atoms with Gasteiger partial charge in [-0.2, -0.15) is 0 Å². The average Bonchev–Trinajstić information content (AvgIpc) is 3.08. The number of unbranched alkanes of at least 4 members (excludes halogenated alkanes) is 2. The molecule has 6 nitrogen and oxygen atoms in total. The van der Waals surface area contributed by atoms with E-state index in [2.05, 4.69) is 45.3 Å². The Bertz CT molecular complexity index is 1150. The van der Waals surface area contributed by atoms with Crippen molar-refractivity contribution in [2.45, 2.75) is 149 Å². The summed E-state index contributed by atoms with van der Waals surface area (Å²) in [5.41, 5.74) is 4.00. The highest BCUT2D eigenvalue weighted by molar-refractivity contribution is 6.90. The first-order chi connectivity index (χ1) is 22.9. The van der Waals surface area contributed by atoms with Crippen molar-refractivity contribution in [2.24, 2.45) is 23.7 Å². The molecule has 0 saturated heterocycles. The largest absolute Gasteiger partial charge is 0.457 e. The smallest absolute Gasteiger partial charge is 0.333 e. The van der Waals surface area contributed by atoms with Crippen LogP contribution in [0.15, 0.2) is 36.4 Å². The fourth-order valence-electron chi connectivity index (χ4n) is 8.41. The van der Waals surface area contributed by atoms with E-state index in [1.54, 1.807) is 13.8 Å². The van der Waals surface area contributed by atoms with Gasteiger partial charge in [-0.15, -0.1) is 0 Å². The van der Waals surface area contributed by atoms with Crippen LogP contribution in [0.2, 0.25) is 19.1 Å². The summed E-state index contributed by atoms with van der Waals surface area (Å²) < 4.78 is 11.6. The highest BCUT2D eigenvalue weighted by atomic mass is 28.3. The van der Waals surface area contributed by atoms with Gasteiger partial charge in [-0.1, -0.05) is 96.3 Å². The Morgan fingerprint density at radius 2 is 1.31 bits per heavy atom. The molecule has 0 bridgehead atoms. The molecule has 7 heteroatoms. The summed E-state index contributed by atoms with van der Waals surface area (Å²) in [6, 6.07) is 5.48. The molecule has 0 heterocycles. The van der Waals surface area contributed by atoms with Crippen LogP contribution >= 0.6 is 0 Å². The maximum Gasteiger partial charge on any atom is 0.333 e. The lowest BCUT2D eigenvalue weighted by Crippen LogP contribution is -2.46. The Morgan fingerprint density at radius 3 is 1.77 bits per heavy atom. The number of hydrogen-bond donors (Lipinski definition) is 2. The zero-order valence-electron chi connectivity index (χ0n) is 30.9. The number of aliphatic hydroxyl groups is 2. The van der Waals surface area contributed by atoms with E-state index in [-0.39, 0.29) is 32.3 Å². The molecule has 1 aromatic carbocycles. The summed E-state index contributed by atoms with van der Waals surface area (Å²) in [5, 5.41) is 20.4. The maximum atomic E-state index is 12.6. The molecule has 2 aliphatic rings. The van der Waals surface area contributed by atoms with Crippen LogP contribution in [0, 0.1) is 23.7 Å². The van der Waals surface area contributed by atoms with Crippen LogP contribution in [0.4, 0.5) is 0 Å². The monoisotopic (exact) mass is 682 g/mol. The number of aliphatic hydroxyl groups excluding tert-OH is 2. The molecule has 0 aromatic heterocycles. The minimum Gasteiger partial charge on any atom is -0.457 e. The molecule has 270 valence electrons. The van der Waals surface area contributed by atoms with Gasteiger partial charge in [0, 0.05) is 30.3 Å². The Labute approximate surface area is 292 Å². The first-order valence-electron chi connectivity index (χ1n) is 18.9. The van der Waals surface area contributed by atoms with Crippen LogP contribution in [0.1, 0.15) is 133 Å². The molecule has 2 aliphatic carbocycles. The predicted octanol–water partition coefficient (Wildman–Crippen LogP) is 8.88.